The standard InChI is InChI=1S/C13H21N3O3S/c1-14-11-7-5-9-15-13(11)20(18,19)16-10-6-3-2-4-8-12(10)17/h5,7,9-10,12,14,16-17H,2-4,6,8H2,1H3. The van der Waals surface area contributed by atoms with Gasteiger partial charge in [-0.1, -0.05) is 19.3 Å². The predicted molar refractivity (Wildman–Crippen MR) is 77.0 cm³/mol. The average Bonchev–Trinajstić information content (AvgIpc) is 2.64. The van der Waals surface area contributed by atoms with Gasteiger partial charge in [-0.2, -0.15) is 0 Å². The molecule has 1 fully saturated rings. The lowest BCUT2D eigenvalue weighted by Gasteiger charge is -2.21. The van der Waals surface area contributed by atoms with Crippen LogP contribution in [0.15, 0.2) is 23.4 Å². The Bertz CT molecular complexity index is 548. The van der Waals surface area contributed by atoms with E-state index in [9.17, 15) is 13.5 Å². The van der Waals surface area contributed by atoms with Crippen LogP contribution in [0.5, 0.6) is 0 Å². The molecule has 0 spiro atoms. The second-order valence-electron chi connectivity index (χ2n) is 5.04. The van der Waals surface area contributed by atoms with E-state index in [4.69, 9.17) is 0 Å². The molecular weight excluding hydrogens is 278 g/mol. The van der Waals surface area contributed by atoms with Gasteiger partial charge in [0.25, 0.3) is 10.0 Å². The number of nitrogens with zero attached hydrogens (tertiary/aromatic N) is 1. The van der Waals surface area contributed by atoms with Crippen molar-refractivity contribution in [1.82, 2.24) is 9.71 Å². The van der Waals surface area contributed by atoms with Crippen LogP contribution < -0.4 is 10.0 Å². The number of hydrogen-bond acceptors (Lipinski definition) is 5. The summed E-state index contributed by atoms with van der Waals surface area (Å²) in [5.41, 5.74) is 0.447. The van der Waals surface area contributed by atoms with E-state index in [0.717, 1.165) is 19.3 Å². The van der Waals surface area contributed by atoms with Crippen molar-refractivity contribution in [3.63, 3.8) is 0 Å². The van der Waals surface area contributed by atoms with Crippen LogP contribution in [-0.4, -0.2) is 37.7 Å². The highest BCUT2D eigenvalue weighted by molar-refractivity contribution is 7.89. The molecule has 1 aliphatic carbocycles. The summed E-state index contributed by atoms with van der Waals surface area (Å²) in [5.74, 6) is 0. The van der Waals surface area contributed by atoms with Crippen molar-refractivity contribution in [1.29, 1.82) is 0 Å². The maximum Gasteiger partial charge on any atom is 0.260 e. The van der Waals surface area contributed by atoms with E-state index in [-0.39, 0.29) is 5.03 Å². The summed E-state index contributed by atoms with van der Waals surface area (Å²) in [6.45, 7) is 0. The molecule has 1 saturated carbocycles. The fraction of sp³-hybridized carbons (Fsp3) is 0.615. The van der Waals surface area contributed by atoms with Crippen LogP contribution in [0.25, 0.3) is 0 Å². The van der Waals surface area contributed by atoms with Crippen LogP contribution >= 0.6 is 0 Å². The summed E-state index contributed by atoms with van der Waals surface area (Å²) in [5, 5.41) is 12.8. The molecule has 20 heavy (non-hydrogen) atoms. The van der Waals surface area contributed by atoms with Crippen LogP contribution in [0.3, 0.4) is 0 Å². The highest BCUT2D eigenvalue weighted by atomic mass is 32.2. The van der Waals surface area contributed by atoms with Gasteiger partial charge in [0.05, 0.1) is 11.8 Å². The Labute approximate surface area is 119 Å². The van der Waals surface area contributed by atoms with Gasteiger partial charge in [-0.05, 0) is 25.0 Å². The molecule has 112 valence electrons. The molecular formula is C13H21N3O3S. The van der Waals surface area contributed by atoms with Gasteiger partial charge in [0.1, 0.15) is 0 Å². The van der Waals surface area contributed by atoms with Crippen LogP contribution in [-0.2, 0) is 10.0 Å². The zero-order valence-electron chi connectivity index (χ0n) is 11.5. The van der Waals surface area contributed by atoms with Gasteiger partial charge in [-0.15, -0.1) is 0 Å². The highest BCUT2D eigenvalue weighted by Gasteiger charge is 2.29. The minimum absolute atomic E-state index is 0.0288. The second-order valence-corrected chi connectivity index (χ2v) is 6.67. The Kier molecular flexibility index (Phi) is 4.95. The zero-order chi connectivity index (χ0) is 14.6. The SMILES string of the molecule is CNc1cccnc1S(=O)(=O)NC1CCCCCC1O. The fourth-order valence-electron chi connectivity index (χ4n) is 2.48. The number of aromatic nitrogens is 1. The third kappa shape index (κ3) is 3.47. The predicted octanol–water partition coefficient (Wildman–Crippen LogP) is 1.10. The number of aliphatic hydroxyl groups excluding tert-OH is 1. The summed E-state index contributed by atoms with van der Waals surface area (Å²) in [6.07, 6.45) is 4.99. The van der Waals surface area contributed by atoms with Crippen molar-refractivity contribution in [2.45, 2.75) is 49.3 Å². The molecule has 0 aliphatic heterocycles. The fourth-order valence-corrected chi connectivity index (χ4v) is 3.92. The van der Waals surface area contributed by atoms with Crippen molar-refractivity contribution < 1.29 is 13.5 Å². The number of anilines is 1. The van der Waals surface area contributed by atoms with E-state index in [1.54, 1.807) is 19.2 Å². The van der Waals surface area contributed by atoms with Gasteiger partial charge in [0.15, 0.2) is 5.03 Å². The van der Waals surface area contributed by atoms with Crippen molar-refractivity contribution in [2.75, 3.05) is 12.4 Å². The number of aliphatic hydroxyl groups is 1. The van der Waals surface area contributed by atoms with Crippen molar-refractivity contribution in [3.05, 3.63) is 18.3 Å². The molecule has 1 heterocycles. The lowest BCUT2D eigenvalue weighted by molar-refractivity contribution is 0.130. The van der Waals surface area contributed by atoms with Crippen molar-refractivity contribution in [3.8, 4) is 0 Å². The largest absolute Gasteiger partial charge is 0.391 e. The van der Waals surface area contributed by atoms with Crippen LogP contribution in [0.2, 0.25) is 0 Å². The first kappa shape index (κ1) is 15.2. The Balaban J connectivity index is 2.22. The maximum atomic E-state index is 12.4. The molecule has 0 aromatic carbocycles. The highest BCUT2D eigenvalue weighted by Crippen LogP contribution is 2.22. The van der Waals surface area contributed by atoms with E-state index >= 15 is 0 Å². The summed E-state index contributed by atoms with van der Waals surface area (Å²) >= 11 is 0. The molecule has 2 atom stereocenters. The Morgan fingerprint density at radius 3 is 2.80 bits per heavy atom. The number of pyridine rings is 1. The van der Waals surface area contributed by atoms with Crippen LogP contribution in [0, 0.1) is 0 Å². The molecule has 6 nitrogen and oxygen atoms in total. The van der Waals surface area contributed by atoms with Crippen molar-refractivity contribution in [2.24, 2.45) is 0 Å². The maximum absolute atomic E-state index is 12.4. The Morgan fingerprint density at radius 2 is 2.05 bits per heavy atom. The average molecular weight is 299 g/mol. The van der Waals surface area contributed by atoms with E-state index in [1.807, 2.05) is 0 Å². The molecule has 0 amide bonds. The minimum Gasteiger partial charge on any atom is -0.391 e. The molecule has 0 saturated heterocycles. The minimum atomic E-state index is -3.74. The van der Waals surface area contributed by atoms with Crippen molar-refractivity contribution >= 4 is 15.7 Å². The van der Waals surface area contributed by atoms with Crippen LogP contribution in [0.4, 0.5) is 5.69 Å². The third-order valence-electron chi connectivity index (χ3n) is 3.58. The summed E-state index contributed by atoms with van der Waals surface area (Å²) in [7, 11) is -2.09. The van der Waals surface area contributed by atoms with Crippen LogP contribution in [0.1, 0.15) is 32.1 Å². The first-order valence-corrected chi connectivity index (χ1v) is 8.36. The van der Waals surface area contributed by atoms with E-state index in [0.29, 0.717) is 18.5 Å². The second kappa shape index (κ2) is 6.51. The normalized spacial score (nSPS) is 24.1. The summed E-state index contributed by atoms with van der Waals surface area (Å²) < 4.78 is 27.4. The third-order valence-corrected chi connectivity index (χ3v) is 5.03. The zero-order valence-corrected chi connectivity index (χ0v) is 12.4. The van der Waals surface area contributed by atoms with Gasteiger partial charge >= 0.3 is 0 Å². The quantitative estimate of drug-likeness (QED) is 0.724. The van der Waals surface area contributed by atoms with Gasteiger partial charge in [0.2, 0.25) is 0 Å². The summed E-state index contributed by atoms with van der Waals surface area (Å²) in [6, 6.07) is 2.89. The Hall–Kier alpha value is -1.18. The number of sulfonamides is 1. The molecule has 3 N–H and O–H groups in total. The van der Waals surface area contributed by atoms with E-state index in [2.05, 4.69) is 15.0 Å². The van der Waals surface area contributed by atoms with E-state index < -0.39 is 22.2 Å². The topological polar surface area (TPSA) is 91.3 Å². The monoisotopic (exact) mass is 299 g/mol. The molecule has 1 aromatic rings. The first-order valence-electron chi connectivity index (χ1n) is 6.88. The lowest BCUT2D eigenvalue weighted by Crippen LogP contribution is -2.43. The number of rotatable bonds is 4. The first-order chi connectivity index (χ1) is 9.54. The Morgan fingerprint density at radius 1 is 1.30 bits per heavy atom. The van der Waals surface area contributed by atoms with Gasteiger partial charge in [-0.3, -0.25) is 0 Å². The molecule has 1 aromatic heterocycles. The van der Waals surface area contributed by atoms with Gasteiger partial charge in [-0.25, -0.2) is 18.1 Å². The lowest BCUT2D eigenvalue weighted by atomic mass is 10.1. The smallest absolute Gasteiger partial charge is 0.260 e. The molecule has 2 unspecified atom stereocenters. The molecule has 0 radical (unpaired) electrons. The molecule has 1 aliphatic rings. The van der Waals surface area contributed by atoms with Gasteiger partial charge in [0, 0.05) is 19.3 Å². The molecule has 7 heteroatoms. The molecule has 0 bridgehead atoms. The summed E-state index contributed by atoms with van der Waals surface area (Å²) in [4.78, 5) is 3.94. The van der Waals surface area contributed by atoms with E-state index in [1.165, 1.54) is 6.20 Å². The number of hydrogen-bond donors (Lipinski definition) is 3. The van der Waals surface area contributed by atoms with Gasteiger partial charge < -0.3 is 10.4 Å². The number of nitrogens with one attached hydrogen (secondary N) is 2. The molecule has 2 rings (SSSR count).